The zero-order chi connectivity index (χ0) is 12.9. The van der Waals surface area contributed by atoms with Gasteiger partial charge in [0.2, 0.25) is 0 Å². The summed E-state index contributed by atoms with van der Waals surface area (Å²) in [6, 6.07) is 7.58. The third-order valence-electron chi connectivity index (χ3n) is 2.46. The quantitative estimate of drug-likeness (QED) is 0.865. The van der Waals surface area contributed by atoms with Gasteiger partial charge in [0.25, 0.3) is 0 Å². The summed E-state index contributed by atoms with van der Waals surface area (Å²) in [5.74, 6) is 0. The van der Waals surface area contributed by atoms with E-state index in [1.807, 2.05) is 24.3 Å². The standard InChI is InChI=1S/C12H17F3N2/c1-17(6-5-12(13,14)15)9-11-4-2-3-10(7-11)8-16/h2-4,7H,5-6,8-9,16H2,1H3. The highest BCUT2D eigenvalue weighted by molar-refractivity contribution is 5.23. The van der Waals surface area contributed by atoms with E-state index in [9.17, 15) is 13.2 Å². The number of nitrogens with zero attached hydrogens (tertiary/aromatic N) is 1. The minimum absolute atomic E-state index is 0.0103. The first-order chi connectivity index (χ1) is 7.90. The number of alkyl halides is 3. The fraction of sp³-hybridized carbons (Fsp3) is 0.500. The van der Waals surface area contributed by atoms with Gasteiger partial charge in [-0.05, 0) is 18.2 Å². The Labute approximate surface area is 99.2 Å². The second-order valence-electron chi connectivity index (χ2n) is 4.13. The molecule has 0 aromatic heterocycles. The third-order valence-corrected chi connectivity index (χ3v) is 2.46. The molecule has 17 heavy (non-hydrogen) atoms. The Morgan fingerprint density at radius 1 is 1.24 bits per heavy atom. The van der Waals surface area contributed by atoms with Crippen LogP contribution in [0.15, 0.2) is 24.3 Å². The molecule has 0 saturated heterocycles. The van der Waals surface area contributed by atoms with Gasteiger partial charge in [-0.3, -0.25) is 0 Å². The van der Waals surface area contributed by atoms with Crippen molar-refractivity contribution in [2.45, 2.75) is 25.7 Å². The predicted molar refractivity (Wildman–Crippen MR) is 61.3 cm³/mol. The van der Waals surface area contributed by atoms with Gasteiger partial charge < -0.3 is 10.6 Å². The van der Waals surface area contributed by atoms with Gasteiger partial charge in [-0.1, -0.05) is 24.3 Å². The fourth-order valence-electron chi connectivity index (χ4n) is 1.56. The largest absolute Gasteiger partial charge is 0.390 e. The molecule has 0 saturated carbocycles. The Hall–Kier alpha value is -1.07. The van der Waals surface area contributed by atoms with Crippen molar-refractivity contribution in [2.75, 3.05) is 13.6 Å². The summed E-state index contributed by atoms with van der Waals surface area (Å²) in [5, 5.41) is 0. The summed E-state index contributed by atoms with van der Waals surface area (Å²) in [5.41, 5.74) is 7.48. The molecule has 1 aromatic carbocycles. The lowest BCUT2D eigenvalue weighted by Crippen LogP contribution is -2.24. The molecule has 0 bridgehead atoms. The highest BCUT2D eigenvalue weighted by atomic mass is 19.4. The third kappa shape index (κ3) is 5.70. The fourth-order valence-corrected chi connectivity index (χ4v) is 1.56. The maximum absolute atomic E-state index is 12.0. The number of hydrogen-bond donors (Lipinski definition) is 1. The molecule has 2 nitrogen and oxygen atoms in total. The Bertz CT molecular complexity index is 350. The van der Waals surface area contributed by atoms with E-state index in [4.69, 9.17) is 5.73 Å². The molecule has 2 N–H and O–H groups in total. The summed E-state index contributed by atoms with van der Waals surface area (Å²) >= 11 is 0. The molecule has 1 aromatic rings. The molecule has 0 fully saturated rings. The van der Waals surface area contributed by atoms with Crippen molar-refractivity contribution in [1.29, 1.82) is 0 Å². The molecule has 0 atom stereocenters. The number of benzene rings is 1. The van der Waals surface area contributed by atoms with Crippen molar-refractivity contribution in [2.24, 2.45) is 5.73 Å². The Kier molecular flexibility index (Phi) is 4.96. The first-order valence-electron chi connectivity index (χ1n) is 5.44. The number of halogens is 3. The van der Waals surface area contributed by atoms with E-state index in [2.05, 4.69) is 0 Å². The van der Waals surface area contributed by atoms with Crippen LogP contribution < -0.4 is 5.73 Å². The Morgan fingerprint density at radius 3 is 2.47 bits per heavy atom. The van der Waals surface area contributed by atoms with E-state index in [-0.39, 0.29) is 6.54 Å². The van der Waals surface area contributed by atoms with Crippen molar-refractivity contribution in [1.82, 2.24) is 4.90 Å². The number of nitrogens with two attached hydrogens (primary N) is 1. The van der Waals surface area contributed by atoms with Crippen LogP contribution in [-0.4, -0.2) is 24.7 Å². The molecule has 0 aliphatic heterocycles. The van der Waals surface area contributed by atoms with Crippen LogP contribution in [0.4, 0.5) is 13.2 Å². The molecule has 0 spiro atoms. The van der Waals surface area contributed by atoms with Crippen molar-refractivity contribution in [3.05, 3.63) is 35.4 Å². The molecule has 0 aliphatic carbocycles. The van der Waals surface area contributed by atoms with Gasteiger partial charge in [-0.15, -0.1) is 0 Å². The molecule has 0 heterocycles. The maximum atomic E-state index is 12.0. The molecule has 96 valence electrons. The minimum atomic E-state index is -4.09. The smallest absolute Gasteiger partial charge is 0.326 e. The summed E-state index contributed by atoms with van der Waals surface area (Å²) in [4.78, 5) is 1.66. The van der Waals surface area contributed by atoms with Gasteiger partial charge in [-0.25, -0.2) is 0 Å². The van der Waals surface area contributed by atoms with Crippen LogP contribution in [0.25, 0.3) is 0 Å². The van der Waals surface area contributed by atoms with Crippen LogP contribution in [-0.2, 0) is 13.1 Å². The lowest BCUT2D eigenvalue weighted by molar-refractivity contribution is -0.137. The van der Waals surface area contributed by atoms with Crippen LogP contribution in [0.1, 0.15) is 17.5 Å². The van der Waals surface area contributed by atoms with Gasteiger partial charge in [-0.2, -0.15) is 13.2 Å². The number of hydrogen-bond acceptors (Lipinski definition) is 2. The normalized spacial score (nSPS) is 12.1. The second-order valence-corrected chi connectivity index (χ2v) is 4.13. The van der Waals surface area contributed by atoms with Crippen LogP contribution in [0.2, 0.25) is 0 Å². The Morgan fingerprint density at radius 2 is 1.88 bits per heavy atom. The topological polar surface area (TPSA) is 29.3 Å². The molecular formula is C12H17F3N2. The van der Waals surface area contributed by atoms with Crippen molar-refractivity contribution in [3.8, 4) is 0 Å². The van der Waals surface area contributed by atoms with E-state index < -0.39 is 12.6 Å². The molecule has 0 unspecified atom stereocenters. The monoisotopic (exact) mass is 246 g/mol. The first kappa shape index (κ1) is 14.0. The van der Waals surface area contributed by atoms with E-state index >= 15 is 0 Å². The van der Waals surface area contributed by atoms with Gasteiger partial charge >= 0.3 is 6.18 Å². The van der Waals surface area contributed by atoms with E-state index in [1.54, 1.807) is 11.9 Å². The maximum Gasteiger partial charge on any atom is 0.390 e. The van der Waals surface area contributed by atoms with Crippen LogP contribution in [0.3, 0.4) is 0 Å². The molecule has 0 aliphatic rings. The molecular weight excluding hydrogens is 229 g/mol. The highest BCUT2D eigenvalue weighted by Gasteiger charge is 2.26. The predicted octanol–water partition coefficient (Wildman–Crippen LogP) is 2.53. The number of rotatable bonds is 5. The van der Waals surface area contributed by atoms with E-state index in [0.29, 0.717) is 13.1 Å². The van der Waals surface area contributed by atoms with Gasteiger partial charge in [0, 0.05) is 19.6 Å². The van der Waals surface area contributed by atoms with Crippen LogP contribution in [0.5, 0.6) is 0 Å². The lowest BCUT2D eigenvalue weighted by atomic mass is 10.1. The summed E-state index contributed by atoms with van der Waals surface area (Å²) in [7, 11) is 1.68. The van der Waals surface area contributed by atoms with E-state index in [1.165, 1.54) is 0 Å². The summed E-state index contributed by atoms with van der Waals surface area (Å²) in [6.45, 7) is 0.959. The molecule has 0 radical (unpaired) electrons. The van der Waals surface area contributed by atoms with Gasteiger partial charge in [0.15, 0.2) is 0 Å². The van der Waals surface area contributed by atoms with Crippen molar-refractivity contribution in [3.63, 3.8) is 0 Å². The molecule has 1 rings (SSSR count). The van der Waals surface area contributed by atoms with Crippen LogP contribution >= 0.6 is 0 Å². The average molecular weight is 246 g/mol. The molecule has 5 heteroatoms. The van der Waals surface area contributed by atoms with E-state index in [0.717, 1.165) is 11.1 Å². The van der Waals surface area contributed by atoms with Gasteiger partial charge in [0.1, 0.15) is 0 Å². The second kappa shape index (κ2) is 6.02. The lowest BCUT2D eigenvalue weighted by Gasteiger charge is -2.18. The SMILES string of the molecule is CN(CCC(F)(F)F)Cc1cccc(CN)c1. The van der Waals surface area contributed by atoms with Crippen molar-refractivity contribution < 1.29 is 13.2 Å². The van der Waals surface area contributed by atoms with Crippen molar-refractivity contribution >= 4 is 0 Å². The molecule has 0 amide bonds. The van der Waals surface area contributed by atoms with Crippen LogP contribution in [0, 0.1) is 0 Å². The zero-order valence-corrected chi connectivity index (χ0v) is 9.80. The minimum Gasteiger partial charge on any atom is -0.326 e. The highest BCUT2D eigenvalue weighted by Crippen LogP contribution is 2.19. The summed E-state index contributed by atoms with van der Waals surface area (Å²) < 4.78 is 36.1. The summed E-state index contributed by atoms with van der Waals surface area (Å²) in [6.07, 6.45) is -4.87. The average Bonchev–Trinajstić information content (AvgIpc) is 2.26. The Balaban J connectivity index is 2.47. The van der Waals surface area contributed by atoms with Gasteiger partial charge in [0.05, 0.1) is 6.42 Å². The zero-order valence-electron chi connectivity index (χ0n) is 9.80. The first-order valence-corrected chi connectivity index (χ1v) is 5.44.